The highest BCUT2D eigenvalue weighted by molar-refractivity contribution is 5.86. The van der Waals surface area contributed by atoms with Crippen molar-refractivity contribution in [3.8, 4) is 0 Å². The molecule has 0 rings (SSSR count). The molecule has 0 N–H and O–H groups in total. The minimum atomic E-state index is -0.304. The van der Waals surface area contributed by atoms with Crippen molar-refractivity contribution in [2.24, 2.45) is 11.8 Å². The molecule has 1 atom stereocenters. The summed E-state index contributed by atoms with van der Waals surface area (Å²) in [5, 5.41) is 0. The molecule has 55 heavy (non-hydrogen) atoms. The maximum absolute atomic E-state index is 13.2. The van der Waals surface area contributed by atoms with E-state index in [1.807, 2.05) is 0 Å². The van der Waals surface area contributed by atoms with Gasteiger partial charge in [-0.2, -0.15) is 0 Å². The van der Waals surface area contributed by atoms with Gasteiger partial charge in [-0.15, -0.1) is 0 Å². The Balaban J connectivity index is 4.26. The fraction of sp³-hybridized carbons (Fsp3) is 0.885. The number of allylic oxidation sites excluding steroid dienone is 4. The van der Waals surface area contributed by atoms with E-state index in [2.05, 4.69) is 52.0 Å². The smallest absolute Gasteiger partial charge is 0.316 e. The van der Waals surface area contributed by atoms with Gasteiger partial charge in [0.05, 0.1) is 5.92 Å². The van der Waals surface area contributed by atoms with Gasteiger partial charge >= 0.3 is 11.9 Å². The summed E-state index contributed by atoms with van der Waals surface area (Å²) in [6, 6.07) is 0. The number of esters is 2. The van der Waals surface area contributed by atoms with Crippen LogP contribution < -0.4 is 0 Å². The molecule has 0 fully saturated rings. The van der Waals surface area contributed by atoms with Gasteiger partial charge in [-0.3, -0.25) is 9.59 Å². The third kappa shape index (κ3) is 43.6. The van der Waals surface area contributed by atoms with Crippen LogP contribution in [0, 0.1) is 11.8 Å². The van der Waals surface area contributed by atoms with Crippen LogP contribution in [-0.2, 0) is 14.3 Å². The summed E-state index contributed by atoms with van der Waals surface area (Å²) in [7, 11) is 0. The lowest BCUT2D eigenvalue weighted by Crippen LogP contribution is -2.21. The van der Waals surface area contributed by atoms with Crippen LogP contribution in [0.2, 0.25) is 0 Å². The molecule has 324 valence electrons. The number of rotatable bonds is 44. The van der Waals surface area contributed by atoms with Gasteiger partial charge in [-0.05, 0) is 57.3 Å². The number of hydrogen-bond donors (Lipinski definition) is 0. The summed E-state index contributed by atoms with van der Waals surface area (Å²) in [6.07, 6.45) is 58.8. The standard InChI is InChI=1S/C52H98O3/c1-5-7-9-11-13-15-17-19-21-23-28-32-36-40-44-48-51(53)55-52(54)50(46-42-38-34-30-26-22-20-18-16-14-12-10-8-6-2)47-43-39-35-31-27-24-25-29-33-37-41-45-49(3)4/h13,15,19,21,49-50H,5-12,14,16-18,20,22-48H2,1-4H3. The third-order valence-electron chi connectivity index (χ3n) is 11.6. The Morgan fingerprint density at radius 1 is 0.400 bits per heavy atom. The average molecular weight is 771 g/mol. The van der Waals surface area contributed by atoms with E-state index >= 15 is 0 Å². The Hall–Kier alpha value is -1.38. The van der Waals surface area contributed by atoms with Gasteiger partial charge < -0.3 is 4.74 Å². The Morgan fingerprint density at radius 3 is 1.15 bits per heavy atom. The number of unbranched alkanes of at least 4 members (excludes halogenated alkanes) is 31. The summed E-state index contributed by atoms with van der Waals surface area (Å²) >= 11 is 0. The van der Waals surface area contributed by atoms with Crippen LogP contribution in [-0.4, -0.2) is 11.9 Å². The van der Waals surface area contributed by atoms with E-state index in [1.54, 1.807) is 0 Å². The number of ether oxygens (including phenoxy) is 1. The highest BCUT2D eigenvalue weighted by atomic mass is 16.6. The topological polar surface area (TPSA) is 43.4 Å². The van der Waals surface area contributed by atoms with Crippen LogP contribution in [0.15, 0.2) is 24.3 Å². The molecule has 0 heterocycles. The lowest BCUT2D eigenvalue weighted by molar-refractivity contribution is -0.163. The van der Waals surface area contributed by atoms with E-state index in [9.17, 15) is 9.59 Å². The minimum absolute atomic E-state index is 0.110. The van der Waals surface area contributed by atoms with Crippen molar-refractivity contribution in [2.45, 2.75) is 285 Å². The maximum atomic E-state index is 13.2. The number of carbonyl (C=O) groups excluding carboxylic acids is 2. The zero-order valence-corrected chi connectivity index (χ0v) is 38.0. The molecule has 3 heteroatoms. The predicted molar refractivity (Wildman–Crippen MR) is 244 cm³/mol. The largest absolute Gasteiger partial charge is 0.393 e. The van der Waals surface area contributed by atoms with E-state index in [-0.39, 0.29) is 17.9 Å². The van der Waals surface area contributed by atoms with Gasteiger partial charge in [0.2, 0.25) is 0 Å². The molecule has 0 saturated carbocycles. The Morgan fingerprint density at radius 2 is 0.727 bits per heavy atom. The Labute approximate surface area is 345 Å². The summed E-state index contributed by atoms with van der Waals surface area (Å²) in [4.78, 5) is 25.8. The van der Waals surface area contributed by atoms with Crippen LogP contribution in [0.5, 0.6) is 0 Å². The molecule has 0 aromatic carbocycles. The first-order valence-corrected chi connectivity index (χ1v) is 25.1. The zero-order valence-electron chi connectivity index (χ0n) is 38.0. The van der Waals surface area contributed by atoms with Crippen LogP contribution >= 0.6 is 0 Å². The van der Waals surface area contributed by atoms with Crippen LogP contribution in [0.1, 0.15) is 285 Å². The second-order valence-electron chi connectivity index (χ2n) is 17.7. The summed E-state index contributed by atoms with van der Waals surface area (Å²) in [6.45, 7) is 9.19. The highest BCUT2D eigenvalue weighted by Gasteiger charge is 2.22. The van der Waals surface area contributed by atoms with E-state index < -0.39 is 0 Å². The molecule has 0 aromatic heterocycles. The average Bonchev–Trinajstić information content (AvgIpc) is 3.17. The predicted octanol–water partition coefficient (Wildman–Crippen LogP) is 18.1. The molecule has 0 bridgehead atoms. The molecule has 0 amide bonds. The van der Waals surface area contributed by atoms with Crippen LogP contribution in [0.3, 0.4) is 0 Å². The molecule has 0 spiro atoms. The SMILES string of the molecule is CCCCCC=CCC=CCCCCCCCC(=O)OC(=O)C(CCCCCCCCCCCCCCCC)CCCCCCCCCCCCCC(C)C. The second-order valence-corrected chi connectivity index (χ2v) is 17.7. The van der Waals surface area contributed by atoms with E-state index in [1.165, 1.54) is 193 Å². The minimum Gasteiger partial charge on any atom is -0.393 e. The normalized spacial score (nSPS) is 12.5. The molecular weight excluding hydrogens is 673 g/mol. The molecular formula is C52H98O3. The summed E-state index contributed by atoms with van der Waals surface area (Å²) < 4.78 is 5.48. The van der Waals surface area contributed by atoms with Crippen molar-refractivity contribution in [3.63, 3.8) is 0 Å². The quantitative estimate of drug-likeness (QED) is 0.0268. The van der Waals surface area contributed by atoms with Crippen LogP contribution in [0.4, 0.5) is 0 Å². The molecule has 0 radical (unpaired) electrons. The monoisotopic (exact) mass is 771 g/mol. The first-order valence-electron chi connectivity index (χ1n) is 25.1. The maximum Gasteiger partial charge on any atom is 0.316 e. The lowest BCUT2D eigenvalue weighted by atomic mass is 9.94. The van der Waals surface area contributed by atoms with Crippen molar-refractivity contribution in [1.82, 2.24) is 0 Å². The highest BCUT2D eigenvalue weighted by Crippen LogP contribution is 2.22. The van der Waals surface area contributed by atoms with Crippen molar-refractivity contribution < 1.29 is 14.3 Å². The van der Waals surface area contributed by atoms with Gasteiger partial charge in [-0.25, -0.2) is 0 Å². The van der Waals surface area contributed by atoms with Gasteiger partial charge in [0.1, 0.15) is 0 Å². The zero-order chi connectivity index (χ0) is 40.1. The molecule has 0 aromatic rings. The Kier molecular flexibility index (Phi) is 44.2. The van der Waals surface area contributed by atoms with Crippen molar-refractivity contribution in [2.75, 3.05) is 0 Å². The fourth-order valence-electron chi connectivity index (χ4n) is 7.83. The van der Waals surface area contributed by atoms with E-state index in [0.717, 1.165) is 63.7 Å². The molecule has 0 aliphatic rings. The second kappa shape index (κ2) is 45.3. The summed E-state index contributed by atoms with van der Waals surface area (Å²) in [5.74, 6) is 0.192. The fourth-order valence-corrected chi connectivity index (χ4v) is 7.83. The third-order valence-corrected chi connectivity index (χ3v) is 11.6. The van der Waals surface area contributed by atoms with Crippen LogP contribution in [0.25, 0.3) is 0 Å². The van der Waals surface area contributed by atoms with E-state index in [0.29, 0.717) is 6.42 Å². The van der Waals surface area contributed by atoms with Gasteiger partial charge in [0, 0.05) is 6.42 Å². The van der Waals surface area contributed by atoms with Gasteiger partial charge in [-0.1, -0.05) is 251 Å². The Bertz CT molecular complexity index is 842. The molecule has 0 saturated heterocycles. The first-order chi connectivity index (χ1) is 27.0. The van der Waals surface area contributed by atoms with Gasteiger partial charge in [0.25, 0.3) is 0 Å². The first kappa shape index (κ1) is 53.6. The van der Waals surface area contributed by atoms with E-state index in [4.69, 9.17) is 4.74 Å². The van der Waals surface area contributed by atoms with Crippen molar-refractivity contribution in [1.29, 1.82) is 0 Å². The van der Waals surface area contributed by atoms with Crippen molar-refractivity contribution >= 4 is 11.9 Å². The number of carbonyl (C=O) groups is 2. The summed E-state index contributed by atoms with van der Waals surface area (Å²) in [5.41, 5.74) is 0. The van der Waals surface area contributed by atoms with Gasteiger partial charge in [0.15, 0.2) is 0 Å². The van der Waals surface area contributed by atoms with Crippen molar-refractivity contribution in [3.05, 3.63) is 24.3 Å². The molecule has 0 aliphatic carbocycles. The molecule has 0 aliphatic heterocycles. The lowest BCUT2D eigenvalue weighted by Gasteiger charge is -2.15. The number of hydrogen-bond acceptors (Lipinski definition) is 3. The molecule has 1 unspecified atom stereocenters. The molecule has 3 nitrogen and oxygen atoms in total.